The van der Waals surface area contributed by atoms with Gasteiger partial charge in [-0.3, -0.25) is 33.8 Å². The maximum atomic E-state index is 13.6. The van der Waals surface area contributed by atoms with E-state index < -0.39 is 47.8 Å². The summed E-state index contributed by atoms with van der Waals surface area (Å²) >= 11 is 0. The maximum Gasteiger partial charge on any atom is 0.251 e. The zero-order chi connectivity index (χ0) is 48.2. The van der Waals surface area contributed by atoms with E-state index in [1.807, 2.05) is 78.8 Å². The first-order valence-corrected chi connectivity index (χ1v) is 23.3. The molecule has 0 fully saturated rings. The number of fused-ring (bicyclic) bond motifs is 1. The topological polar surface area (TPSA) is 209 Å². The van der Waals surface area contributed by atoms with Crippen LogP contribution in [0.25, 0.3) is 10.9 Å². The first kappa shape index (κ1) is 52.1. The normalized spacial score (nSPS) is 13.4. The summed E-state index contributed by atoms with van der Waals surface area (Å²) in [5.41, 5.74) is 2.50. The molecule has 4 aromatic rings. The Bertz CT molecular complexity index is 2210. The maximum absolute atomic E-state index is 13.6. The SMILES string of the molecule is CCCCNC(=O)[C@H](CC(C)C)NC(=O)[C@@H](NC(=O)c1ccc(Oc2ccc(C(=O)N[C@@H](CC(C)C)C(=O)N[C@@H](C)C(=O)NCCCNc3ccnc4ccccc34)cc2)cc1)[C@@H](C)CC. The highest BCUT2D eigenvalue weighted by molar-refractivity contribution is 5.99. The van der Waals surface area contributed by atoms with Crippen LogP contribution in [0.1, 0.15) is 115 Å². The van der Waals surface area contributed by atoms with Crippen molar-refractivity contribution >= 4 is 52.0 Å². The number of para-hydroxylation sites is 1. The van der Waals surface area contributed by atoms with Gasteiger partial charge >= 0.3 is 0 Å². The lowest BCUT2D eigenvalue weighted by Crippen LogP contribution is -2.56. The molecular formula is C51H70N8O7. The number of unbranched alkanes of at least 4 members (excludes halogenated alkanes) is 1. The van der Waals surface area contributed by atoms with Gasteiger partial charge in [-0.2, -0.15) is 0 Å². The summed E-state index contributed by atoms with van der Waals surface area (Å²) in [6, 6.07) is 19.4. The Hall–Kier alpha value is -6.51. The molecule has 0 radical (unpaired) electrons. The number of hydrogen-bond donors (Lipinski definition) is 7. The highest BCUT2D eigenvalue weighted by Gasteiger charge is 2.31. The molecule has 66 heavy (non-hydrogen) atoms. The van der Waals surface area contributed by atoms with E-state index in [0.29, 0.717) is 67.9 Å². The van der Waals surface area contributed by atoms with Gasteiger partial charge in [-0.15, -0.1) is 0 Å². The van der Waals surface area contributed by atoms with Crippen LogP contribution in [-0.2, 0) is 19.2 Å². The van der Waals surface area contributed by atoms with E-state index in [0.717, 1.165) is 29.4 Å². The van der Waals surface area contributed by atoms with Gasteiger partial charge in [0.05, 0.1) is 5.52 Å². The van der Waals surface area contributed by atoms with E-state index in [-0.39, 0.29) is 29.6 Å². The number of pyridine rings is 1. The number of anilines is 1. The average Bonchev–Trinajstić information content (AvgIpc) is 3.29. The van der Waals surface area contributed by atoms with Gasteiger partial charge in [0.2, 0.25) is 23.6 Å². The minimum Gasteiger partial charge on any atom is -0.457 e. The van der Waals surface area contributed by atoms with Gasteiger partial charge in [0, 0.05) is 48.0 Å². The van der Waals surface area contributed by atoms with Crippen LogP contribution in [0, 0.1) is 17.8 Å². The number of aromatic nitrogens is 1. The molecule has 0 bridgehead atoms. The minimum absolute atomic E-state index is 0.0752. The largest absolute Gasteiger partial charge is 0.457 e. The van der Waals surface area contributed by atoms with Crippen LogP contribution in [0.2, 0.25) is 0 Å². The number of rotatable bonds is 26. The Morgan fingerprint density at radius 1 is 0.576 bits per heavy atom. The molecule has 15 heteroatoms. The molecule has 3 aromatic carbocycles. The standard InChI is InChI=1S/C51H70N8O7/c1-9-11-26-55-49(63)43(30-32(3)4)58-51(65)45(34(7)10-2)59-48(62)37-19-23-39(24-20-37)66-38-21-17-36(18-22-38)47(61)57-44(31-33(5)6)50(64)56-35(8)46(60)54-28-14-27-52-42-25-29-53-41-16-13-12-15-40(41)42/h12-13,15-25,29,32-35,43-45H,9-11,14,26-28,30-31H2,1-8H3,(H,52,53)(H,54,60)(H,55,63)(H,56,64)(H,57,61)(H,58,65)(H,59,62)/t34-,35-,43-,44-,45-/m0/s1. The highest BCUT2D eigenvalue weighted by atomic mass is 16.5. The first-order chi connectivity index (χ1) is 31.6. The molecule has 15 nitrogen and oxygen atoms in total. The van der Waals surface area contributed by atoms with Crippen molar-refractivity contribution in [2.45, 2.75) is 118 Å². The summed E-state index contributed by atoms with van der Waals surface area (Å²) in [6.07, 6.45) is 5.65. The number of amides is 6. The molecule has 0 unspecified atom stereocenters. The Morgan fingerprint density at radius 3 is 1.73 bits per heavy atom. The van der Waals surface area contributed by atoms with Crippen molar-refractivity contribution in [3.63, 3.8) is 0 Å². The number of nitrogens with one attached hydrogen (secondary N) is 7. The molecule has 0 aliphatic carbocycles. The Kier molecular flexibility index (Phi) is 20.9. The summed E-state index contributed by atoms with van der Waals surface area (Å²) in [7, 11) is 0. The van der Waals surface area contributed by atoms with Gasteiger partial charge in [0.15, 0.2) is 0 Å². The molecule has 6 amide bonds. The van der Waals surface area contributed by atoms with Crippen molar-refractivity contribution in [1.29, 1.82) is 0 Å². The molecule has 4 rings (SSSR count). The summed E-state index contributed by atoms with van der Waals surface area (Å²) in [6.45, 7) is 16.9. The predicted molar refractivity (Wildman–Crippen MR) is 259 cm³/mol. The summed E-state index contributed by atoms with van der Waals surface area (Å²) in [5.74, 6) is -1.42. The van der Waals surface area contributed by atoms with E-state index in [9.17, 15) is 28.8 Å². The second-order valence-corrected chi connectivity index (χ2v) is 17.7. The lowest BCUT2D eigenvalue weighted by molar-refractivity contribution is -0.131. The van der Waals surface area contributed by atoms with Crippen LogP contribution in [0.15, 0.2) is 85.1 Å². The van der Waals surface area contributed by atoms with Gasteiger partial charge in [-0.25, -0.2) is 0 Å². The van der Waals surface area contributed by atoms with Gasteiger partial charge in [0.1, 0.15) is 35.7 Å². The second-order valence-electron chi connectivity index (χ2n) is 17.7. The lowest BCUT2D eigenvalue weighted by atomic mass is 9.96. The van der Waals surface area contributed by atoms with Crippen molar-refractivity contribution in [3.05, 3.63) is 96.2 Å². The van der Waals surface area contributed by atoms with E-state index >= 15 is 0 Å². The number of ether oxygens (including phenoxy) is 1. The van der Waals surface area contributed by atoms with Gasteiger partial charge in [0.25, 0.3) is 11.8 Å². The number of benzene rings is 3. The van der Waals surface area contributed by atoms with Crippen LogP contribution in [0.4, 0.5) is 5.69 Å². The van der Waals surface area contributed by atoms with Crippen LogP contribution in [0.3, 0.4) is 0 Å². The molecule has 0 saturated carbocycles. The monoisotopic (exact) mass is 907 g/mol. The Labute approximate surface area is 389 Å². The van der Waals surface area contributed by atoms with Crippen LogP contribution in [-0.4, -0.2) is 84.2 Å². The van der Waals surface area contributed by atoms with Crippen LogP contribution < -0.4 is 42.0 Å². The zero-order valence-corrected chi connectivity index (χ0v) is 39.8. The van der Waals surface area contributed by atoms with Crippen molar-refractivity contribution in [2.24, 2.45) is 17.8 Å². The quantitative estimate of drug-likeness (QED) is 0.0327. The fourth-order valence-electron chi connectivity index (χ4n) is 7.14. The molecule has 5 atom stereocenters. The minimum atomic E-state index is -0.878. The van der Waals surface area contributed by atoms with Crippen molar-refractivity contribution < 1.29 is 33.5 Å². The van der Waals surface area contributed by atoms with E-state index in [1.54, 1.807) is 61.7 Å². The molecule has 0 saturated heterocycles. The van der Waals surface area contributed by atoms with E-state index in [1.165, 1.54) is 0 Å². The average molecular weight is 907 g/mol. The van der Waals surface area contributed by atoms with Gasteiger partial charge < -0.3 is 42.0 Å². The number of carbonyl (C=O) groups is 6. The van der Waals surface area contributed by atoms with Gasteiger partial charge in [-0.05, 0) is 111 Å². The van der Waals surface area contributed by atoms with Gasteiger partial charge in [-0.1, -0.05) is 79.5 Å². The fraction of sp³-hybridized carbons (Fsp3) is 0.471. The van der Waals surface area contributed by atoms with Crippen molar-refractivity contribution in [1.82, 2.24) is 36.9 Å². The third kappa shape index (κ3) is 16.5. The lowest BCUT2D eigenvalue weighted by Gasteiger charge is -2.27. The summed E-state index contributed by atoms with van der Waals surface area (Å²) < 4.78 is 6.00. The molecule has 0 aliphatic rings. The van der Waals surface area contributed by atoms with Crippen molar-refractivity contribution in [3.8, 4) is 11.5 Å². The smallest absolute Gasteiger partial charge is 0.251 e. The number of nitrogens with zero attached hydrogens (tertiary/aromatic N) is 1. The molecule has 1 heterocycles. The number of carbonyl (C=O) groups excluding carboxylic acids is 6. The first-order valence-electron chi connectivity index (χ1n) is 23.3. The summed E-state index contributed by atoms with van der Waals surface area (Å²) in [4.78, 5) is 83.9. The fourth-order valence-corrected chi connectivity index (χ4v) is 7.14. The Morgan fingerprint density at radius 2 is 1.14 bits per heavy atom. The molecule has 0 spiro atoms. The molecule has 356 valence electrons. The zero-order valence-electron chi connectivity index (χ0n) is 39.8. The van der Waals surface area contributed by atoms with Crippen LogP contribution >= 0.6 is 0 Å². The second kappa shape index (κ2) is 26.5. The third-order valence-corrected chi connectivity index (χ3v) is 11.1. The van der Waals surface area contributed by atoms with Crippen molar-refractivity contribution in [2.75, 3.05) is 25.0 Å². The molecule has 0 aliphatic heterocycles. The number of hydrogen-bond acceptors (Lipinski definition) is 9. The van der Waals surface area contributed by atoms with E-state index in [4.69, 9.17) is 4.74 Å². The Balaban J connectivity index is 1.27. The third-order valence-electron chi connectivity index (χ3n) is 11.1. The molecule has 1 aromatic heterocycles. The molecular weight excluding hydrogens is 837 g/mol. The highest BCUT2D eigenvalue weighted by Crippen LogP contribution is 2.24. The molecule has 7 N–H and O–H groups in total. The van der Waals surface area contributed by atoms with Crippen LogP contribution in [0.5, 0.6) is 11.5 Å². The summed E-state index contributed by atoms with van der Waals surface area (Å²) in [5, 5.41) is 21.6. The van der Waals surface area contributed by atoms with E-state index in [2.05, 4.69) is 42.2 Å². The predicted octanol–water partition coefficient (Wildman–Crippen LogP) is 6.89.